The Labute approximate surface area is 273 Å². The molecule has 2 bridgehead atoms. The van der Waals surface area contributed by atoms with E-state index < -0.39 is 17.8 Å². The molecule has 4 aliphatic rings. The fraction of sp³-hybridized carbons (Fsp3) is 0.424. The van der Waals surface area contributed by atoms with E-state index in [4.69, 9.17) is 14.2 Å². The lowest BCUT2D eigenvalue weighted by Crippen LogP contribution is -2.42. The van der Waals surface area contributed by atoms with Crippen LogP contribution in [0.4, 0.5) is 5.69 Å². The molecule has 2 aromatic carbocycles. The van der Waals surface area contributed by atoms with Gasteiger partial charge >= 0.3 is 10.8 Å². The Hall–Kier alpha value is -4.10. The van der Waals surface area contributed by atoms with E-state index in [0.717, 1.165) is 21.9 Å². The lowest BCUT2D eigenvalue weighted by molar-refractivity contribution is -0.141. The van der Waals surface area contributed by atoms with Gasteiger partial charge in [-0.3, -0.25) is 24.1 Å². The lowest BCUT2D eigenvalue weighted by Gasteiger charge is -2.43. The number of benzene rings is 2. The third kappa shape index (κ3) is 4.91. The first kappa shape index (κ1) is 30.5. The van der Waals surface area contributed by atoms with Crippen LogP contribution in [-0.2, 0) is 19.1 Å². The topological polar surface area (TPSA) is 144 Å². The number of H-pyrrole nitrogens is 1. The fourth-order valence-corrected chi connectivity index (χ4v) is 10.9. The van der Waals surface area contributed by atoms with Gasteiger partial charge in [0.15, 0.2) is 11.5 Å². The minimum absolute atomic E-state index is 0.000901. The molecule has 7 rings (SSSR count). The zero-order valence-electron chi connectivity index (χ0n) is 25.4. The number of likely N-dealkylation sites (tertiary alicyclic amines) is 1. The summed E-state index contributed by atoms with van der Waals surface area (Å²) in [7, 11) is 3.17. The highest BCUT2D eigenvalue weighted by atomic mass is 32.2. The number of imide groups is 1. The van der Waals surface area contributed by atoms with Gasteiger partial charge in [-0.05, 0) is 73.1 Å². The van der Waals surface area contributed by atoms with Crippen LogP contribution in [0.1, 0.15) is 46.5 Å². The molecule has 46 heavy (non-hydrogen) atoms. The van der Waals surface area contributed by atoms with Crippen molar-refractivity contribution >= 4 is 52.5 Å². The van der Waals surface area contributed by atoms with Crippen LogP contribution in [0.3, 0.4) is 0 Å². The van der Waals surface area contributed by atoms with Gasteiger partial charge in [-0.15, -0.1) is 11.8 Å². The Morgan fingerprint density at radius 1 is 0.978 bits per heavy atom. The van der Waals surface area contributed by atoms with Crippen LogP contribution in [0.25, 0.3) is 0 Å². The van der Waals surface area contributed by atoms with E-state index in [1.54, 1.807) is 57.2 Å². The zero-order valence-corrected chi connectivity index (χ0v) is 27.1. The van der Waals surface area contributed by atoms with Crippen LogP contribution < -0.4 is 19.7 Å². The Morgan fingerprint density at radius 2 is 1.70 bits per heavy atom. The Kier molecular flexibility index (Phi) is 7.92. The fourth-order valence-electron chi connectivity index (χ4n) is 8.06. The van der Waals surface area contributed by atoms with Crippen LogP contribution >= 0.6 is 23.1 Å². The largest absolute Gasteiger partial charge is 0.493 e. The smallest absolute Gasteiger partial charge is 0.338 e. The van der Waals surface area contributed by atoms with E-state index in [2.05, 4.69) is 10.3 Å². The number of aromatic amines is 1. The second-order valence-corrected chi connectivity index (χ2v) is 14.2. The second kappa shape index (κ2) is 11.9. The number of anilines is 1. The first-order valence-electron chi connectivity index (χ1n) is 15.3. The molecule has 11 nitrogen and oxygen atoms in total. The van der Waals surface area contributed by atoms with Crippen molar-refractivity contribution in [2.24, 2.45) is 29.6 Å². The summed E-state index contributed by atoms with van der Waals surface area (Å²) < 4.78 is 16.1. The highest BCUT2D eigenvalue weighted by Crippen LogP contribution is 2.68. The van der Waals surface area contributed by atoms with Crippen molar-refractivity contribution in [3.8, 4) is 11.5 Å². The molecule has 1 aromatic heterocycles. The number of hydrogen-bond acceptors (Lipinski definition) is 10. The van der Waals surface area contributed by atoms with Crippen LogP contribution in [0.5, 0.6) is 11.5 Å². The average molecular weight is 664 g/mol. The molecule has 240 valence electrons. The van der Waals surface area contributed by atoms with E-state index >= 15 is 0 Å². The monoisotopic (exact) mass is 663 g/mol. The van der Waals surface area contributed by atoms with Crippen molar-refractivity contribution in [3.63, 3.8) is 0 Å². The molecule has 3 heterocycles. The van der Waals surface area contributed by atoms with Crippen molar-refractivity contribution in [2.75, 3.05) is 32.7 Å². The summed E-state index contributed by atoms with van der Waals surface area (Å²) in [5, 5.41) is 3.67. The third-order valence-corrected chi connectivity index (χ3v) is 12.4. The van der Waals surface area contributed by atoms with E-state index in [0.29, 0.717) is 22.7 Å². The SMILES string of the molecule is CCOC(=O)c1ccc(NC(=O)CCN2C(=O)C3C4CC(C3C2=O)C2C(c3ccc(OC)c(OC)c3)c3sc(=O)[nH]c3SC42)cc1. The number of carbonyl (C=O) groups is 4. The number of methoxy groups -OCH3 is 2. The minimum Gasteiger partial charge on any atom is -0.493 e. The maximum Gasteiger partial charge on any atom is 0.338 e. The molecular formula is C33H33N3O8S2. The summed E-state index contributed by atoms with van der Waals surface area (Å²) in [6.45, 7) is 1.99. The number of esters is 1. The molecule has 1 saturated heterocycles. The summed E-state index contributed by atoms with van der Waals surface area (Å²) in [6, 6.07) is 12.2. The van der Waals surface area contributed by atoms with E-state index in [1.165, 1.54) is 16.2 Å². The van der Waals surface area contributed by atoms with Gasteiger partial charge in [0.2, 0.25) is 17.7 Å². The molecule has 3 fully saturated rings. The van der Waals surface area contributed by atoms with Crippen molar-refractivity contribution in [1.82, 2.24) is 9.88 Å². The number of aromatic nitrogens is 1. The van der Waals surface area contributed by atoms with Gasteiger partial charge in [-0.1, -0.05) is 17.4 Å². The molecule has 2 N–H and O–H groups in total. The number of nitrogens with zero attached hydrogens (tertiary/aromatic N) is 1. The molecular weight excluding hydrogens is 631 g/mol. The molecule has 3 aromatic rings. The maximum atomic E-state index is 13.9. The lowest BCUT2D eigenvalue weighted by atomic mass is 9.68. The number of carbonyl (C=O) groups excluding carboxylic acids is 4. The summed E-state index contributed by atoms with van der Waals surface area (Å²) in [5.41, 5.74) is 1.86. The highest BCUT2D eigenvalue weighted by molar-refractivity contribution is 8.00. The van der Waals surface area contributed by atoms with Crippen LogP contribution in [-0.4, -0.2) is 66.2 Å². The Balaban J connectivity index is 1.09. The minimum atomic E-state index is -0.447. The van der Waals surface area contributed by atoms with Gasteiger partial charge in [0.1, 0.15) is 0 Å². The number of hydrogen-bond donors (Lipinski definition) is 2. The normalized spacial score (nSPS) is 27.2. The van der Waals surface area contributed by atoms with E-state index in [9.17, 15) is 24.0 Å². The van der Waals surface area contributed by atoms with Crippen molar-refractivity contribution in [2.45, 2.75) is 36.0 Å². The molecule has 2 aliphatic carbocycles. The molecule has 13 heteroatoms. The standard InChI is InChI=1S/C33H33N3O8S2/c1-4-44-32(40)15-5-8-17(9-6-15)34-22(37)11-12-36-30(38)25-18-14-19(26(25)31(36)39)27-24(18)23(28-29(45-27)35-33(41)46-28)16-7-10-20(42-2)21(13-16)43-3/h5-10,13,18-19,23-27H,4,11-12,14H2,1-3H3,(H,34,37)(H,35,41). The Morgan fingerprint density at radius 3 is 2.39 bits per heavy atom. The van der Waals surface area contributed by atoms with Crippen molar-refractivity contribution in [1.29, 1.82) is 0 Å². The summed E-state index contributed by atoms with van der Waals surface area (Å²) in [6.07, 6.45) is 0.731. The number of nitrogens with one attached hydrogen (secondary N) is 2. The molecule has 0 radical (unpaired) electrons. The van der Waals surface area contributed by atoms with Crippen LogP contribution in [0, 0.1) is 29.6 Å². The van der Waals surface area contributed by atoms with Gasteiger partial charge in [0.05, 0.1) is 43.3 Å². The van der Waals surface area contributed by atoms with Crippen molar-refractivity contribution in [3.05, 3.63) is 68.1 Å². The predicted molar refractivity (Wildman–Crippen MR) is 170 cm³/mol. The summed E-state index contributed by atoms with van der Waals surface area (Å²) in [4.78, 5) is 70.1. The first-order chi connectivity index (χ1) is 22.2. The van der Waals surface area contributed by atoms with Gasteiger partial charge < -0.3 is 24.5 Å². The number of amides is 3. The van der Waals surface area contributed by atoms with Gasteiger partial charge in [0.25, 0.3) is 0 Å². The summed E-state index contributed by atoms with van der Waals surface area (Å²) in [5.74, 6) is -1.03. The molecule has 3 amide bonds. The van der Waals surface area contributed by atoms with E-state index in [-0.39, 0.29) is 71.1 Å². The predicted octanol–water partition coefficient (Wildman–Crippen LogP) is 4.13. The highest BCUT2D eigenvalue weighted by Gasteiger charge is 2.69. The van der Waals surface area contributed by atoms with Crippen LogP contribution in [0.15, 0.2) is 52.3 Å². The first-order valence-corrected chi connectivity index (χ1v) is 17.0. The number of thiazole rings is 1. The third-order valence-electron chi connectivity index (χ3n) is 9.82. The van der Waals surface area contributed by atoms with Crippen LogP contribution in [0.2, 0.25) is 0 Å². The molecule has 7 unspecified atom stereocenters. The zero-order chi connectivity index (χ0) is 32.3. The average Bonchev–Trinajstić information content (AvgIpc) is 3.79. The van der Waals surface area contributed by atoms with E-state index in [1.807, 2.05) is 18.2 Å². The Bertz CT molecular complexity index is 1790. The maximum absolute atomic E-state index is 13.9. The van der Waals surface area contributed by atoms with Gasteiger partial charge in [-0.25, -0.2) is 4.79 Å². The second-order valence-electron chi connectivity index (χ2n) is 12.0. The van der Waals surface area contributed by atoms with Crippen molar-refractivity contribution < 1.29 is 33.4 Å². The van der Waals surface area contributed by atoms with Gasteiger partial charge in [-0.2, -0.15) is 0 Å². The molecule has 0 spiro atoms. The summed E-state index contributed by atoms with van der Waals surface area (Å²) >= 11 is 2.83. The number of thioether (sulfide) groups is 1. The number of rotatable bonds is 9. The molecule has 2 aliphatic heterocycles. The molecule has 2 saturated carbocycles. The quantitative estimate of drug-likeness (QED) is 0.255. The number of ether oxygens (including phenoxy) is 3. The number of fused-ring (bicyclic) bond motifs is 9. The van der Waals surface area contributed by atoms with Gasteiger partial charge in [0, 0.05) is 34.7 Å². The molecule has 7 atom stereocenters.